The topological polar surface area (TPSA) is 23.1 Å². The van der Waals surface area contributed by atoms with Gasteiger partial charge in [-0.25, -0.2) is 4.57 Å². The molecule has 9 heteroatoms. The van der Waals surface area contributed by atoms with E-state index in [1.54, 1.807) is 0 Å². The van der Waals surface area contributed by atoms with Crippen LogP contribution in [0.4, 0.5) is 22.7 Å². The number of hydrogen-bond donors (Lipinski definition) is 0. The quantitative estimate of drug-likeness (QED) is 0.0383. The Labute approximate surface area is 592 Å². The van der Waals surface area contributed by atoms with E-state index in [1.165, 1.54) is 250 Å². The molecule has 6 nitrogen and oxygen atoms in total. The number of nitrogens with zero attached hydrogens (tertiary/aromatic N) is 6. The zero-order valence-electron chi connectivity index (χ0n) is 54.7. The highest BCUT2D eigenvalue weighted by molar-refractivity contribution is 6.03. The van der Waals surface area contributed by atoms with E-state index in [1.807, 2.05) is 0 Å². The molecule has 0 amide bonds. The first-order valence-corrected chi connectivity index (χ1v) is 34.6. The molecule has 0 saturated heterocycles. The van der Waals surface area contributed by atoms with Crippen LogP contribution in [-0.2, 0) is 27.7 Å². The lowest BCUT2D eigenvalue weighted by atomic mass is 9.85. The van der Waals surface area contributed by atoms with Crippen molar-refractivity contribution in [3.63, 3.8) is 0 Å². The number of anilines is 4. The Hall–Kier alpha value is -4.86. The lowest BCUT2D eigenvalue weighted by Gasteiger charge is -2.25. The molecule has 3 aliphatic rings. The minimum atomic E-state index is 0. The fourth-order valence-corrected chi connectivity index (χ4v) is 15.3. The summed E-state index contributed by atoms with van der Waals surface area (Å²) in [7, 11) is 6.42. The lowest BCUT2D eigenvalue weighted by molar-refractivity contribution is -0.670. The second kappa shape index (κ2) is 37.1. The van der Waals surface area contributed by atoms with Crippen molar-refractivity contribution in [1.29, 1.82) is 0 Å². The number of hydrogen-bond acceptors (Lipinski definition) is 2. The second-order valence-corrected chi connectivity index (χ2v) is 26.5. The Morgan fingerprint density at radius 2 is 0.822 bits per heavy atom. The van der Waals surface area contributed by atoms with E-state index >= 15 is 0 Å². The van der Waals surface area contributed by atoms with Crippen molar-refractivity contribution < 1.29 is 85.6 Å². The van der Waals surface area contributed by atoms with Crippen LogP contribution in [0.15, 0.2) is 189 Å². The summed E-state index contributed by atoms with van der Waals surface area (Å²) in [5.74, 6) is 3.03. The molecular formula is C81H103I3N6. The van der Waals surface area contributed by atoms with Gasteiger partial charge < -0.3 is 86.3 Å². The number of unbranched alkanes of at least 4 members (excludes halogenated alkanes) is 6. The number of aryl methyl sites for hydroxylation is 4. The smallest absolute Gasteiger partial charge is 0.238 e. The van der Waals surface area contributed by atoms with Gasteiger partial charge in [-0.05, 0) is 119 Å². The second-order valence-electron chi connectivity index (χ2n) is 26.5. The van der Waals surface area contributed by atoms with Crippen LogP contribution >= 0.6 is 0 Å². The Balaban J connectivity index is 0.000000173. The largest absolute Gasteiger partial charge is 1.00 e. The summed E-state index contributed by atoms with van der Waals surface area (Å²) in [5.41, 5.74) is 10.5. The Kier molecular flexibility index (Phi) is 29.3. The number of rotatable bonds is 22. The van der Waals surface area contributed by atoms with E-state index in [4.69, 9.17) is 0 Å². The molecule has 0 aliphatic heterocycles. The molecule has 10 aromatic rings. The normalized spacial score (nSPS) is 14.7. The monoisotopic (exact) mass is 1540 g/mol. The van der Waals surface area contributed by atoms with E-state index in [9.17, 15) is 0 Å². The average molecular weight is 1540 g/mol. The van der Waals surface area contributed by atoms with Gasteiger partial charge in [0, 0.05) is 54.6 Å². The number of fused-ring (bicyclic) bond motifs is 6. The minimum Gasteiger partial charge on any atom is -1.00 e. The van der Waals surface area contributed by atoms with E-state index in [-0.39, 0.29) is 71.9 Å². The number of pyridine rings is 3. The van der Waals surface area contributed by atoms with Gasteiger partial charge in [0.25, 0.3) is 0 Å². The highest BCUT2D eigenvalue weighted by Crippen LogP contribution is 2.35. The SMILES string of the molecule is C[n+]1cc(N(CCCCCC2CCCCC2)c2ccc3ccccc3c2)cc2ccccc21.C[n+]1cccc(N(CCCCCC2CCCCC2)c2ccc3ccccc3c2)c1.C[n+]1cccc2c1c1ccccc1n2CCCCCC1CCCCC1.[I-].[I-].[I-]. The predicted molar refractivity (Wildman–Crippen MR) is 370 cm³/mol. The van der Waals surface area contributed by atoms with Crippen LogP contribution in [0.1, 0.15) is 173 Å². The molecule has 478 valence electrons. The first-order valence-electron chi connectivity index (χ1n) is 34.6. The molecule has 3 fully saturated rings. The summed E-state index contributed by atoms with van der Waals surface area (Å²) in [6.45, 7) is 3.27. The van der Waals surface area contributed by atoms with Crippen LogP contribution < -0.4 is 95.4 Å². The van der Waals surface area contributed by atoms with Gasteiger partial charge in [-0.2, -0.15) is 9.13 Å². The summed E-state index contributed by atoms with van der Waals surface area (Å²) in [6.07, 6.45) is 47.1. The maximum Gasteiger partial charge on any atom is 0.238 e. The maximum absolute atomic E-state index is 2.53. The van der Waals surface area contributed by atoms with Gasteiger partial charge in [0.15, 0.2) is 24.8 Å². The summed E-state index contributed by atoms with van der Waals surface area (Å²) in [6, 6.07) is 59.8. The Bertz CT molecular complexity index is 3750. The predicted octanol–water partition coefficient (Wildman–Crippen LogP) is 11.8. The fraction of sp³-hybridized carbons (Fsp3) is 0.444. The molecule has 0 spiro atoms. The summed E-state index contributed by atoms with van der Waals surface area (Å²) in [5, 5.41) is 7.90. The fourth-order valence-electron chi connectivity index (χ4n) is 15.3. The molecule has 0 radical (unpaired) electrons. The molecule has 0 bridgehead atoms. The van der Waals surface area contributed by atoms with Gasteiger partial charge in [0.2, 0.25) is 11.0 Å². The van der Waals surface area contributed by atoms with E-state index in [2.05, 4.69) is 238 Å². The third kappa shape index (κ3) is 19.6. The van der Waals surface area contributed by atoms with Crippen molar-refractivity contribution >= 4 is 77.1 Å². The molecule has 0 unspecified atom stereocenters. The van der Waals surface area contributed by atoms with Gasteiger partial charge >= 0.3 is 0 Å². The molecule has 0 N–H and O–H groups in total. The molecule has 4 heterocycles. The van der Waals surface area contributed by atoms with Crippen LogP contribution in [0, 0.1) is 17.8 Å². The maximum atomic E-state index is 2.53. The van der Waals surface area contributed by atoms with Crippen molar-refractivity contribution in [3.8, 4) is 0 Å². The molecule has 90 heavy (non-hydrogen) atoms. The van der Waals surface area contributed by atoms with Crippen molar-refractivity contribution in [2.24, 2.45) is 38.9 Å². The Morgan fingerprint density at radius 1 is 0.367 bits per heavy atom. The summed E-state index contributed by atoms with van der Waals surface area (Å²) >= 11 is 0. The van der Waals surface area contributed by atoms with Crippen LogP contribution in [-0.4, -0.2) is 17.7 Å². The van der Waals surface area contributed by atoms with Gasteiger partial charge in [-0.1, -0.05) is 239 Å². The summed E-state index contributed by atoms with van der Waals surface area (Å²) in [4.78, 5) is 5.02. The van der Waals surface area contributed by atoms with Gasteiger partial charge in [0.1, 0.15) is 38.0 Å². The zero-order valence-corrected chi connectivity index (χ0v) is 61.1. The lowest BCUT2D eigenvalue weighted by Crippen LogP contribution is -3.00. The molecule has 3 aliphatic carbocycles. The first kappa shape index (κ1) is 71.0. The number of halogens is 3. The number of benzene rings is 6. The van der Waals surface area contributed by atoms with Crippen LogP contribution in [0.3, 0.4) is 0 Å². The Morgan fingerprint density at radius 3 is 1.38 bits per heavy atom. The first-order chi connectivity index (χ1) is 42.9. The highest BCUT2D eigenvalue weighted by Gasteiger charge is 2.21. The molecule has 6 aromatic carbocycles. The zero-order chi connectivity index (χ0) is 59.4. The molecule has 4 aromatic heterocycles. The van der Waals surface area contributed by atoms with Crippen molar-refractivity contribution in [2.75, 3.05) is 22.9 Å². The highest BCUT2D eigenvalue weighted by atomic mass is 127. The standard InChI is InChI=1S/C31H37N2.C27H35N2.C23H31N2.3HI/c1-32-24-30(23-28-17-9-10-18-31(28)32)33(21-11-3-6-14-25-12-4-2-5-13-25)29-20-19-26-15-7-8-16-27(26)22-29;1-28-19-10-16-27(22-28)29(20-9-3-6-13-23-11-4-2-5-12-23)26-18-17-24-14-7-8-15-25(24)21-26;1-24-17-10-16-22-23(24)20-14-7-8-15-21(20)25(22)18-9-3-6-13-19-11-4-2-5-12-19;;;/h7-10,15-20,22-25H,2-6,11-14,21H2,1H3;7-8,10,14-19,21-23H,2-6,9,11-13,20H2,1H3;7-8,10,14-17,19H,2-6,9,11-13,18H2,1H3;3*1H/q3*+1;;;/p-3. The van der Waals surface area contributed by atoms with E-state index in [0.717, 1.165) is 37.4 Å². The van der Waals surface area contributed by atoms with Crippen molar-refractivity contribution in [3.05, 3.63) is 189 Å². The number of aromatic nitrogens is 4. The summed E-state index contributed by atoms with van der Waals surface area (Å²) < 4.78 is 9.21. The third-order valence-electron chi connectivity index (χ3n) is 20.1. The minimum absolute atomic E-state index is 0. The molecule has 3 saturated carbocycles. The van der Waals surface area contributed by atoms with Gasteiger partial charge in [-0.3, -0.25) is 0 Å². The third-order valence-corrected chi connectivity index (χ3v) is 20.1. The molecular weight excluding hydrogens is 1440 g/mol. The van der Waals surface area contributed by atoms with E-state index < -0.39 is 0 Å². The van der Waals surface area contributed by atoms with Crippen LogP contribution in [0.5, 0.6) is 0 Å². The van der Waals surface area contributed by atoms with Crippen molar-refractivity contribution in [1.82, 2.24) is 4.57 Å². The van der Waals surface area contributed by atoms with Crippen LogP contribution in [0.25, 0.3) is 54.4 Å². The van der Waals surface area contributed by atoms with Gasteiger partial charge in [-0.15, -0.1) is 0 Å². The van der Waals surface area contributed by atoms with Gasteiger partial charge in [0.05, 0.1) is 10.9 Å². The van der Waals surface area contributed by atoms with E-state index in [0.29, 0.717) is 0 Å². The average Bonchev–Trinajstić information content (AvgIpc) is 1.61. The number of para-hydroxylation sites is 2. The molecule has 13 rings (SSSR count). The molecule has 0 atom stereocenters. The van der Waals surface area contributed by atoms with Crippen LogP contribution in [0.2, 0.25) is 0 Å². The van der Waals surface area contributed by atoms with Crippen molar-refractivity contribution in [2.45, 2.75) is 180 Å².